The Morgan fingerprint density at radius 3 is 2.65 bits per heavy atom. The van der Waals surface area contributed by atoms with Crippen LogP contribution in [0.25, 0.3) is 0 Å². The summed E-state index contributed by atoms with van der Waals surface area (Å²) in [5.74, 6) is 1.61. The van der Waals surface area contributed by atoms with Gasteiger partial charge in [0.1, 0.15) is 0 Å². The molecule has 0 amide bonds. The topological polar surface area (TPSA) is 47.7 Å². The van der Waals surface area contributed by atoms with Crippen LogP contribution in [0.3, 0.4) is 0 Å². The van der Waals surface area contributed by atoms with Gasteiger partial charge in [0.05, 0.1) is 17.7 Å². The number of nitrogens with two attached hydrogens (primary N) is 1. The van der Waals surface area contributed by atoms with Crippen molar-refractivity contribution in [1.82, 2.24) is 4.90 Å². The largest absolute Gasteiger partial charge is 0.490 e. The highest BCUT2D eigenvalue weighted by Gasteiger charge is 2.22. The van der Waals surface area contributed by atoms with Gasteiger partial charge in [-0.05, 0) is 54.5 Å². The van der Waals surface area contributed by atoms with Gasteiger partial charge in [0.15, 0.2) is 11.5 Å². The lowest BCUT2D eigenvalue weighted by atomic mass is 10.0. The average molecular weight is 343 g/mol. The second-order valence-corrected chi connectivity index (χ2v) is 6.25. The lowest BCUT2D eigenvalue weighted by Crippen LogP contribution is -2.35. The van der Waals surface area contributed by atoms with E-state index < -0.39 is 0 Å². The SMILES string of the molecule is CC(C)N(C)C(CN)c1cc(Br)c2c(c1)OCCCO2. The summed E-state index contributed by atoms with van der Waals surface area (Å²) in [7, 11) is 2.10. The predicted molar refractivity (Wildman–Crippen MR) is 84.4 cm³/mol. The minimum Gasteiger partial charge on any atom is -0.490 e. The number of nitrogens with zero attached hydrogens (tertiary/aromatic N) is 1. The van der Waals surface area contributed by atoms with Gasteiger partial charge in [-0.1, -0.05) is 0 Å². The van der Waals surface area contributed by atoms with E-state index in [4.69, 9.17) is 15.2 Å². The molecule has 0 aliphatic carbocycles. The van der Waals surface area contributed by atoms with Crippen molar-refractivity contribution in [2.75, 3.05) is 26.8 Å². The van der Waals surface area contributed by atoms with Gasteiger partial charge in [-0.15, -0.1) is 0 Å². The number of hydrogen-bond donors (Lipinski definition) is 1. The third-order valence-electron chi connectivity index (χ3n) is 3.74. The van der Waals surface area contributed by atoms with Crippen LogP contribution in [-0.2, 0) is 0 Å². The number of rotatable bonds is 4. The molecule has 0 spiro atoms. The quantitative estimate of drug-likeness (QED) is 0.913. The highest BCUT2D eigenvalue weighted by atomic mass is 79.9. The smallest absolute Gasteiger partial charge is 0.175 e. The van der Waals surface area contributed by atoms with Gasteiger partial charge >= 0.3 is 0 Å². The first-order valence-electron chi connectivity index (χ1n) is 7.05. The lowest BCUT2D eigenvalue weighted by molar-refractivity contribution is 0.200. The number of ether oxygens (including phenoxy) is 2. The van der Waals surface area contributed by atoms with Crippen molar-refractivity contribution in [3.05, 3.63) is 22.2 Å². The molecule has 4 nitrogen and oxygen atoms in total. The molecule has 2 N–H and O–H groups in total. The molecule has 5 heteroatoms. The minimum atomic E-state index is 0.170. The third kappa shape index (κ3) is 3.27. The summed E-state index contributed by atoms with van der Waals surface area (Å²) in [5.41, 5.74) is 7.12. The molecule has 0 bridgehead atoms. The first-order chi connectivity index (χ1) is 9.54. The molecule has 1 unspecified atom stereocenters. The van der Waals surface area contributed by atoms with E-state index >= 15 is 0 Å². The van der Waals surface area contributed by atoms with Gasteiger partial charge in [0.2, 0.25) is 0 Å². The van der Waals surface area contributed by atoms with Gasteiger partial charge in [-0.3, -0.25) is 4.90 Å². The molecule has 1 aromatic rings. The molecular formula is C15H23BrN2O2. The van der Waals surface area contributed by atoms with Crippen LogP contribution in [0.15, 0.2) is 16.6 Å². The normalized spacial score (nSPS) is 16.4. The van der Waals surface area contributed by atoms with Crippen molar-refractivity contribution in [2.24, 2.45) is 5.73 Å². The lowest BCUT2D eigenvalue weighted by Gasteiger charge is -2.31. The summed E-state index contributed by atoms with van der Waals surface area (Å²) in [4.78, 5) is 2.27. The highest BCUT2D eigenvalue weighted by molar-refractivity contribution is 9.10. The van der Waals surface area contributed by atoms with Gasteiger partial charge < -0.3 is 15.2 Å². The maximum absolute atomic E-state index is 5.97. The molecule has 0 aromatic heterocycles. The van der Waals surface area contributed by atoms with Gasteiger partial charge in [0.25, 0.3) is 0 Å². The van der Waals surface area contributed by atoms with Gasteiger partial charge in [0, 0.05) is 25.0 Å². The van der Waals surface area contributed by atoms with Gasteiger partial charge in [-0.25, -0.2) is 0 Å². The van der Waals surface area contributed by atoms with E-state index in [1.807, 2.05) is 0 Å². The number of likely N-dealkylation sites (N-methyl/N-ethyl adjacent to an activating group) is 1. The number of halogens is 1. The fraction of sp³-hybridized carbons (Fsp3) is 0.600. The zero-order valence-electron chi connectivity index (χ0n) is 12.4. The summed E-state index contributed by atoms with van der Waals surface area (Å²) < 4.78 is 12.5. The summed E-state index contributed by atoms with van der Waals surface area (Å²) in [6.07, 6.45) is 0.905. The van der Waals surface area contributed by atoms with Crippen LogP contribution in [0.1, 0.15) is 31.9 Å². The molecule has 0 radical (unpaired) electrons. The van der Waals surface area contributed by atoms with Crippen molar-refractivity contribution >= 4 is 15.9 Å². The molecule has 20 heavy (non-hydrogen) atoms. The van der Waals surface area contributed by atoms with Crippen molar-refractivity contribution in [2.45, 2.75) is 32.4 Å². The van der Waals surface area contributed by atoms with Crippen LogP contribution in [0, 0.1) is 0 Å². The Labute approximate surface area is 129 Å². The van der Waals surface area contributed by atoms with E-state index in [0.29, 0.717) is 25.8 Å². The van der Waals surface area contributed by atoms with Crippen molar-refractivity contribution in [3.8, 4) is 11.5 Å². The first-order valence-corrected chi connectivity index (χ1v) is 7.85. The van der Waals surface area contributed by atoms with Crippen molar-refractivity contribution < 1.29 is 9.47 Å². The van der Waals surface area contributed by atoms with Crippen LogP contribution in [-0.4, -0.2) is 37.7 Å². The molecule has 1 aliphatic rings. The molecule has 1 atom stereocenters. The Kier molecular flexibility index (Phi) is 5.29. The number of benzene rings is 1. The molecule has 2 rings (SSSR count). The number of fused-ring (bicyclic) bond motifs is 1. The van der Waals surface area contributed by atoms with E-state index in [-0.39, 0.29) is 6.04 Å². The zero-order valence-corrected chi connectivity index (χ0v) is 13.9. The molecule has 0 saturated heterocycles. The van der Waals surface area contributed by atoms with Crippen LogP contribution < -0.4 is 15.2 Å². The Hall–Kier alpha value is -0.780. The summed E-state index contributed by atoms with van der Waals surface area (Å²) in [6.45, 7) is 6.29. The van der Waals surface area contributed by atoms with Crippen molar-refractivity contribution in [1.29, 1.82) is 0 Å². The average Bonchev–Trinajstić information content (AvgIpc) is 2.65. The summed E-state index contributed by atoms with van der Waals surface area (Å²) in [5, 5.41) is 0. The molecule has 1 heterocycles. The van der Waals surface area contributed by atoms with Crippen LogP contribution >= 0.6 is 15.9 Å². The van der Waals surface area contributed by atoms with Gasteiger partial charge in [-0.2, -0.15) is 0 Å². The standard InChI is InChI=1S/C15H23BrN2O2/c1-10(2)18(3)13(9-17)11-7-12(16)15-14(8-11)19-5-4-6-20-15/h7-8,10,13H,4-6,9,17H2,1-3H3. The Morgan fingerprint density at radius 2 is 2.00 bits per heavy atom. The van der Waals surface area contributed by atoms with Crippen molar-refractivity contribution in [3.63, 3.8) is 0 Å². The van der Waals surface area contributed by atoms with E-state index in [1.54, 1.807) is 0 Å². The van der Waals surface area contributed by atoms with E-state index in [2.05, 4.69) is 53.9 Å². The highest BCUT2D eigenvalue weighted by Crippen LogP contribution is 2.40. The molecule has 0 fully saturated rings. The minimum absolute atomic E-state index is 0.170. The Morgan fingerprint density at radius 1 is 1.30 bits per heavy atom. The Balaban J connectivity index is 2.37. The molecule has 1 aromatic carbocycles. The zero-order chi connectivity index (χ0) is 14.7. The third-order valence-corrected chi connectivity index (χ3v) is 4.33. The van der Waals surface area contributed by atoms with Crippen LogP contribution in [0.2, 0.25) is 0 Å². The Bertz CT molecular complexity index is 465. The second kappa shape index (κ2) is 6.78. The van der Waals surface area contributed by atoms with E-state index in [0.717, 1.165) is 28.0 Å². The first kappa shape index (κ1) is 15.6. The number of hydrogen-bond acceptors (Lipinski definition) is 4. The second-order valence-electron chi connectivity index (χ2n) is 5.39. The summed E-state index contributed by atoms with van der Waals surface area (Å²) in [6, 6.07) is 4.74. The van der Waals surface area contributed by atoms with Crippen LogP contribution in [0.4, 0.5) is 0 Å². The van der Waals surface area contributed by atoms with E-state index in [9.17, 15) is 0 Å². The summed E-state index contributed by atoms with van der Waals surface area (Å²) >= 11 is 3.59. The van der Waals surface area contributed by atoms with Crippen LogP contribution in [0.5, 0.6) is 11.5 Å². The molecular weight excluding hydrogens is 320 g/mol. The predicted octanol–water partition coefficient (Wildman–Crippen LogP) is 2.95. The molecule has 112 valence electrons. The molecule has 0 saturated carbocycles. The fourth-order valence-corrected chi connectivity index (χ4v) is 2.91. The monoisotopic (exact) mass is 342 g/mol. The maximum Gasteiger partial charge on any atom is 0.175 e. The fourth-order valence-electron chi connectivity index (χ4n) is 2.34. The van der Waals surface area contributed by atoms with E-state index in [1.165, 1.54) is 0 Å². The molecule has 1 aliphatic heterocycles. The maximum atomic E-state index is 5.97.